The average molecular weight is 314 g/mol. The van der Waals surface area contributed by atoms with Crippen molar-refractivity contribution >= 4 is 23.5 Å². The highest BCUT2D eigenvalue weighted by molar-refractivity contribution is 8.07. The van der Waals surface area contributed by atoms with Gasteiger partial charge in [0.25, 0.3) is 0 Å². The van der Waals surface area contributed by atoms with Gasteiger partial charge in [-0.25, -0.2) is 4.39 Å². The summed E-state index contributed by atoms with van der Waals surface area (Å²) < 4.78 is 13.5. The first-order valence-corrected chi connectivity index (χ1v) is 9.28. The number of aryl methyl sites for hydroxylation is 1. The minimum absolute atomic E-state index is 0.114. The van der Waals surface area contributed by atoms with Crippen molar-refractivity contribution in [1.29, 1.82) is 0 Å². The number of benzene rings is 1. The molecule has 0 radical (unpaired) electrons. The molecule has 1 N–H and O–H groups in total. The topological polar surface area (TPSA) is 12.0 Å². The summed E-state index contributed by atoms with van der Waals surface area (Å²) in [5.74, 6) is 1.04. The normalized spacial score (nSPS) is 28.4. The summed E-state index contributed by atoms with van der Waals surface area (Å²) in [6, 6.07) is 5.84. The van der Waals surface area contributed by atoms with Crippen molar-refractivity contribution in [1.82, 2.24) is 5.32 Å². The number of halogens is 1. The molecule has 0 amide bonds. The van der Waals surface area contributed by atoms with Crippen molar-refractivity contribution in [2.24, 2.45) is 0 Å². The summed E-state index contributed by atoms with van der Waals surface area (Å²) in [5.41, 5.74) is 1.95. The summed E-state index contributed by atoms with van der Waals surface area (Å²) in [6.07, 6.45) is 0. The summed E-state index contributed by atoms with van der Waals surface area (Å²) in [6.45, 7) is 9.54. The zero-order valence-corrected chi connectivity index (χ0v) is 14.3. The number of thioether (sulfide) groups is 2. The Morgan fingerprint density at radius 2 is 2.10 bits per heavy atom. The van der Waals surface area contributed by atoms with E-state index < -0.39 is 0 Å². The number of rotatable bonds is 4. The molecule has 1 aromatic rings. The Morgan fingerprint density at radius 1 is 1.35 bits per heavy atom. The fourth-order valence-electron chi connectivity index (χ4n) is 2.53. The summed E-state index contributed by atoms with van der Waals surface area (Å²) in [4.78, 5) is 0. The van der Waals surface area contributed by atoms with E-state index in [9.17, 15) is 4.39 Å². The molecule has 0 spiro atoms. The van der Waals surface area contributed by atoms with E-state index in [4.69, 9.17) is 0 Å². The quantitative estimate of drug-likeness (QED) is 0.884. The Morgan fingerprint density at radius 3 is 2.70 bits per heavy atom. The van der Waals surface area contributed by atoms with Crippen LogP contribution in [-0.2, 0) is 0 Å². The average Bonchev–Trinajstić information content (AvgIpc) is 2.43. The molecular formula is C16H24FNS2. The summed E-state index contributed by atoms with van der Waals surface area (Å²) >= 11 is 4.13. The highest BCUT2D eigenvalue weighted by atomic mass is 32.2. The van der Waals surface area contributed by atoms with Gasteiger partial charge in [0.15, 0.2) is 0 Å². The Labute approximate surface area is 130 Å². The van der Waals surface area contributed by atoms with E-state index >= 15 is 0 Å². The van der Waals surface area contributed by atoms with Gasteiger partial charge in [0.2, 0.25) is 0 Å². The van der Waals surface area contributed by atoms with Gasteiger partial charge in [-0.2, -0.15) is 23.5 Å². The lowest BCUT2D eigenvalue weighted by atomic mass is 10.0. The van der Waals surface area contributed by atoms with Gasteiger partial charge in [-0.3, -0.25) is 0 Å². The first-order chi connectivity index (χ1) is 9.52. The molecule has 4 atom stereocenters. The van der Waals surface area contributed by atoms with E-state index in [1.54, 1.807) is 6.07 Å². The maximum Gasteiger partial charge on any atom is 0.126 e. The molecule has 1 fully saturated rings. The molecule has 2 rings (SSSR count). The Balaban J connectivity index is 2.19. The van der Waals surface area contributed by atoms with Gasteiger partial charge >= 0.3 is 0 Å². The van der Waals surface area contributed by atoms with E-state index in [-0.39, 0.29) is 5.82 Å². The zero-order valence-electron chi connectivity index (χ0n) is 12.7. The summed E-state index contributed by atoms with van der Waals surface area (Å²) in [7, 11) is 0. The van der Waals surface area contributed by atoms with E-state index in [1.807, 2.05) is 19.1 Å². The molecule has 20 heavy (non-hydrogen) atoms. The minimum atomic E-state index is -0.114. The second-order valence-corrected chi connectivity index (χ2v) is 8.49. The van der Waals surface area contributed by atoms with Crippen molar-refractivity contribution in [3.63, 3.8) is 0 Å². The second-order valence-electron chi connectivity index (χ2n) is 5.46. The van der Waals surface area contributed by atoms with Crippen molar-refractivity contribution in [2.45, 2.75) is 49.5 Å². The maximum absolute atomic E-state index is 13.5. The van der Waals surface area contributed by atoms with Gasteiger partial charge in [-0.1, -0.05) is 32.9 Å². The molecule has 1 aromatic carbocycles. The van der Waals surface area contributed by atoms with E-state index in [1.165, 1.54) is 5.56 Å². The molecule has 1 saturated heterocycles. The smallest absolute Gasteiger partial charge is 0.126 e. The van der Waals surface area contributed by atoms with Crippen LogP contribution in [0, 0.1) is 12.7 Å². The van der Waals surface area contributed by atoms with Gasteiger partial charge in [0, 0.05) is 27.5 Å². The number of nitrogens with one attached hydrogen (secondary N) is 1. The SMILES string of the molecule is CCNC(c1ccc(F)c(C)c1)C1CSC(C)C(C)S1. The van der Waals surface area contributed by atoms with Crippen molar-refractivity contribution in [2.75, 3.05) is 12.3 Å². The van der Waals surface area contributed by atoms with Crippen molar-refractivity contribution < 1.29 is 4.39 Å². The maximum atomic E-state index is 13.5. The monoisotopic (exact) mass is 313 g/mol. The molecule has 1 heterocycles. The van der Waals surface area contributed by atoms with Gasteiger partial charge in [0.1, 0.15) is 5.82 Å². The minimum Gasteiger partial charge on any atom is -0.309 e. The third kappa shape index (κ3) is 3.71. The van der Waals surface area contributed by atoms with Crippen LogP contribution in [0.5, 0.6) is 0 Å². The van der Waals surface area contributed by atoms with Crippen LogP contribution in [0.15, 0.2) is 18.2 Å². The molecule has 1 aliphatic heterocycles. The first kappa shape index (κ1) is 16.2. The first-order valence-electron chi connectivity index (χ1n) is 7.29. The lowest BCUT2D eigenvalue weighted by Gasteiger charge is -2.36. The van der Waals surface area contributed by atoms with Gasteiger partial charge in [-0.05, 0) is 30.7 Å². The molecule has 112 valence electrons. The van der Waals surface area contributed by atoms with Crippen LogP contribution in [0.25, 0.3) is 0 Å². The molecule has 0 saturated carbocycles. The van der Waals surface area contributed by atoms with Crippen LogP contribution in [-0.4, -0.2) is 28.0 Å². The fraction of sp³-hybridized carbons (Fsp3) is 0.625. The molecule has 4 heteroatoms. The molecule has 4 unspecified atom stereocenters. The standard InChI is InChI=1S/C16H24FNS2/c1-5-18-16(13-6-7-14(17)10(2)8-13)15-9-19-11(3)12(4)20-15/h6-8,11-12,15-16,18H,5,9H2,1-4H3. The van der Waals surface area contributed by atoms with E-state index in [0.29, 0.717) is 21.8 Å². The highest BCUT2D eigenvalue weighted by Crippen LogP contribution is 2.41. The largest absolute Gasteiger partial charge is 0.309 e. The predicted molar refractivity (Wildman–Crippen MR) is 90.3 cm³/mol. The predicted octanol–water partition coefficient (Wildman–Crippen LogP) is 4.41. The van der Waals surface area contributed by atoms with Gasteiger partial charge < -0.3 is 5.32 Å². The molecule has 0 aliphatic carbocycles. The van der Waals surface area contributed by atoms with Gasteiger partial charge in [0.05, 0.1) is 0 Å². The third-order valence-corrected chi connectivity index (χ3v) is 7.41. The van der Waals surface area contributed by atoms with Crippen LogP contribution >= 0.6 is 23.5 Å². The molecule has 0 bridgehead atoms. The van der Waals surface area contributed by atoms with E-state index in [2.05, 4.69) is 49.6 Å². The van der Waals surface area contributed by atoms with Crippen LogP contribution in [0.2, 0.25) is 0 Å². The van der Waals surface area contributed by atoms with Crippen LogP contribution < -0.4 is 5.32 Å². The third-order valence-electron chi connectivity index (χ3n) is 3.91. The Hall–Kier alpha value is -0.190. The van der Waals surface area contributed by atoms with Gasteiger partial charge in [-0.15, -0.1) is 0 Å². The van der Waals surface area contributed by atoms with Crippen molar-refractivity contribution in [3.8, 4) is 0 Å². The van der Waals surface area contributed by atoms with E-state index in [0.717, 1.165) is 17.9 Å². The summed E-state index contributed by atoms with van der Waals surface area (Å²) in [5, 5.41) is 5.53. The highest BCUT2D eigenvalue weighted by Gasteiger charge is 2.31. The molecule has 0 aromatic heterocycles. The zero-order chi connectivity index (χ0) is 14.7. The lowest BCUT2D eigenvalue weighted by molar-refractivity contribution is 0.544. The molecular weight excluding hydrogens is 289 g/mol. The lowest BCUT2D eigenvalue weighted by Crippen LogP contribution is -2.37. The van der Waals surface area contributed by atoms with Crippen LogP contribution in [0.3, 0.4) is 0 Å². The Bertz CT molecular complexity index is 452. The Kier molecular flexibility index (Phi) is 5.82. The van der Waals surface area contributed by atoms with Crippen LogP contribution in [0.1, 0.15) is 37.9 Å². The number of hydrogen-bond acceptors (Lipinski definition) is 3. The molecule has 1 nitrogen and oxygen atoms in total. The van der Waals surface area contributed by atoms with Crippen LogP contribution in [0.4, 0.5) is 4.39 Å². The molecule has 1 aliphatic rings. The van der Waals surface area contributed by atoms with Crippen molar-refractivity contribution in [3.05, 3.63) is 35.1 Å². The fourth-order valence-corrected chi connectivity index (χ4v) is 5.65. The number of hydrogen-bond donors (Lipinski definition) is 1. The second kappa shape index (κ2) is 7.19.